The van der Waals surface area contributed by atoms with Crippen LogP contribution in [0.1, 0.15) is 32.3 Å². The summed E-state index contributed by atoms with van der Waals surface area (Å²) in [6.45, 7) is 9.66. The highest BCUT2D eigenvalue weighted by Crippen LogP contribution is 2.08. The van der Waals surface area contributed by atoms with Crippen molar-refractivity contribution in [3.05, 3.63) is 29.8 Å². The Balaban J connectivity index is 2.26. The van der Waals surface area contributed by atoms with Crippen LogP contribution in [0, 0.1) is 6.92 Å². The molecule has 1 aromatic rings. The first kappa shape index (κ1) is 16.5. The number of nitrogens with zero attached hydrogens (tertiary/aromatic N) is 1. The van der Waals surface area contributed by atoms with Crippen LogP contribution in [0.25, 0.3) is 0 Å². The van der Waals surface area contributed by atoms with E-state index in [0.717, 1.165) is 38.2 Å². The first-order valence-electron chi connectivity index (χ1n) is 7.38. The summed E-state index contributed by atoms with van der Waals surface area (Å²) in [5, 5.41) is 2.73. The van der Waals surface area contributed by atoms with Gasteiger partial charge in [-0.15, -0.1) is 0 Å². The summed E-state index contributed by atoms with van der Waals surface area (Å²) in [7, 11) is 0. The summed E-state index contributed by atoms with van der Waals surface area (Å²) >= 11 is 0. The van der Waals surface area contributed by atoms with E-state index >= 15 is 0 Å². The number of rotatable bonds is 8. The van der Waals surface area contributed by atoms with E-state index in [1.54, 1.807) is 0 Å². The van der Waals surface area contributed by atoms with E-state index in [2.05, 4.69) is 24.1 Å². The van der Waals surface area contributed by atoms with E-state index in [1.807, 2.05) is 31.2 Å². The van der Waals surface area contributed by atoms with E-state index in [4.69, 9.17) is 4.74 Å². The van der Waals surface area contributed by atoms with E-state index in [1.165, 1.54) is 5.56 Å². The molecule has 0 aliphatic heterocycles. The van der Waals surface area contributed by atoms with Crippen molar-refractivity contribution in [2.45, 2.75) is 33.6 Å². The molecule has 0 saturated heterocycles. The Morgan fingerprint density at radius 1 is 1.10 bits per heavy atom. The van der Waals surface area contributed by atoms with Crippen LogP contribution >= 0.6 is 0 Å². The monoisotopic (exact) mass is 278 g/mol. The second kappa shape index (κ2) is 9.37. The van der Waals surface area contributed by atoms with Crippen molar-refractivity contribution in [1.29, 1.82) is 0 Å². The highest BCUT2D eigenvalue weighted by molar-refractivity contribution is 5.84. The lowest BCUT2D eigenvalue weighted by Crippen LogP contribution is -2.30. The van der Waals surface area contributed by atoms with Crippen LogP contribution in [0.5, 0.6) is 0 Å². The van der Waals surface area contributed by atoms with Crippen LogP contribution in [-0.2, 0) is 4.74 Å². The smallest absolute Gasteiger partial charge is 0.411 e. The fourth-order valence-corrected chi connectivity index (χ4v) is 2.03. The summed E-state index contributed by atoms with van der Waals surface area (Å²) in [6.07, 6.45) is 1.85. The van der Waals surface area contributed by atoms with Gasteiger partial charge in [-0.25, -0.2) is 4.79 Å². The van der Waals surface area contributed by atoms with Crippen LogP contribution in [0.2, 0.25) is 0 Å². The van der Waals surface area contributed by atoms with Crippen molar-refractivity contribution >= 4 is 11.8 Å². The normalized spacial score (nSPS) is 10.6. The maximum atomic E-state index is 11.6. The number of carbonyl (C=O) groups excluding carboxylic acids is 1. The summed E-state index contributed by atoms with van der Waals surface area (Å²) in [5.41, 5.74) is 1.93. The summed E-state index contributed by atoms with van der Waals surface area (Å²) in [4.78, 5) is 14.0. The van der Waals surface area contributed by atoms with Crippen LogP contribution in [-0.4, -0.2) is 37.2 Å². The zero-order chi connectivity index (χ0) is 14.8. The topological polar surface area (TPSA) is 41.6 Å². The van der Waals surface area contributed by atoms with Crippen molar-refractivity contribution < 1.29 is 9.53 Å². The molecule has 4 heteroatoms. The molecule has 0 aliphatic rings. The van der Waals surface area contributed by atoms with Crippen LogP contribution < -0.4 is 5.32 Å². The van der Waals surface area contributed by atoms with Gasteiger partial charge in [-0.2, -0.15) is 0 Å². The standard InChI is InChI=1S/C16H26N2O2/c1-4-10-18(11-5-2)12-13-20-16(19)17-15-8-6-14(3)7-9-15/h6-9H,4-5,10-13H2,1-3H3,(H,17,19). The number of amides is 1. The van der Waals surface area contributed by atoms with E-state index in [9.17, 15) is 4.79 Å². The number of hydrogen-bond donors (Lipinski definition) is 1. The number of anilines is 1. The molecule has 0 atom stereocenters. The molecule has 0 heterocycles. The van der Waals surface area contributed by atoms with Crippen LogP contribution in [0.4, 0.5) is 10.5 Å². The SMILES string of the molecule is CCCN(CCC)CCOC(=O)Nc1ccc(C)cc1. The van der Waals surface area contributed by atoms with Gasteiger partial charge in [-0.05, 0) is 45.0 Å². The summed E-state index contributed by atoms with van der Waals surface area (Å²) in [6, 6.07) is 7.66. The maximum Gasteiger partial charge on any atom is 0.411 e. The lowest BCUT2D eigenvalue weighted by molar-refractivity contribution is 0.139. The molecule has 0 spiro atoms. The Morgan fingerprint density at radius 2 is 1.70 bits per heavy atom. The zero-order valence-electron chi connectivity index (χ0n) is 12.8. The van der Waals surface area contributed by atoms with Crippen LogP contribution in [0.15, 0.2) is 24.3 Å². The fraction of sp³-hybridized carbons (Fsp3) is 0.562. The molecular formula is C16H26N2O2. The van der Waals surface area contributed by atoms with Crippen LogP contribution in [0.3, 0.4) is 0 Å². The van der Waals surface area contributed by atoms with Crippen molar-refractivity contribution in [3.8, 4) is 0 Å². The number of nitrogens with one attached hydrogen (secondary N) is 1. The molecule has 1 N–H and O–H groups in total. The Kier molecular flexibility index (Phi) is 7.73. The van der Waals surface area contributed by atoms with E-state index in [-0.39, 0.29) is 6.09 Å². The molecule has 0 aliphatic carbocycles. The van der Waals surface area contributed by atoms with Crippen molar-refractivity contribution in [3.63, 3.8) is 0 Å². The maximum absolute atomic E-state index is 11.6. The average Bonchev–Trinajstić information content (AvgIpc) is 2.42. The minimum atomic E-state index is -0.387. The molecular weight excluding hydrogens is 252 g/mol. The molecule has 0 aromatic heterocycles. The first-order chi connectivity index (χ1) is 9.65. The highest BCUT2D eigenvalue weighted by Gasteiger charge is 2.06. The minimum Gasteiger partial charge on any atom is -0.448 e. The molecule has 1 rings (SSSR count). The molecule has 0 bridgehead atoms. The summed E-state index contributed by atoms with van der Waals surface area (Å²) in [5.74, 6) is 0. The predicted octanol–water partition coefficient (Wildman–Crippen LogP) is 3.67. The number of carbonyl (C=O) groups is 1. The van der Waals surface area contributed by atoms with Crippen molar-refractivity contribution in [2.75, 3.05) is 31.6 Å². The quantitative estimate of drug-likeness (QED) is 0.789. The first-order valence-corrected chi connectivity index (χ1v) is 7.38. The van der Waals surface area contributed by atoms with Gasteiger partial charge in [0, 0.05) is 12.2 Å². The van der Waals surface area contributed by atoms with Gasteiger partial charge in [0.15, 0.2) is 0 Å². The Bertz CT molecular complexity index is 384. The molecule has 1 aromatic carbocycles. The molecule has 0 saturated carbocycles. The number of hydrogen-bond acceptors (Lipinski definition) is 3. The van der Waals surface area contributed by atoms with Gasteiger partial charge in [0.2, 0.25) is 0 Å². The van der Waals surface area contributed by atoms with Gasteiger partial charge >= 0.3 is 6.09 Å². The van der Waals surface area contributed by atoms with Gasteiger partial charge in [0.25, 0.3) is 0 Å². The molecule has 4 nitrogen and oxygen atoms in total. The summed E-state index contributed by atoms with van der Waals surface area (Å²) < 4.78 is 5.21. The van der Waals surface area contributed by atoms with E-state index in [0.29, 0.717) is 6.61 Å². The minimum absolute atomic E-state index is 0.387. The largest absolute Gasteiger partial charge is 0.448 e. The lowest BCUT2D eigenvalue weighted by atomic mass is 10.2. The van der Waals surface area contributed by atoms with Gasteiger partial charge in [0.1, 0.15) is 6.61 Å². The number of ether oxygens (including phenoxy) is 1. The molecule has 0 fully saturated rings. The molecule has 0 unspecified atom stereocenters. The molecule has 112 valence electrons. The third-order valence-electron chi connectivity index (χ3n) is 3.02. The average molecular weight is 278 g/mol. The second-order valence-corrected chi connectivity index (χ2v) is 4.97. The van der Waals surface area contributed by atoms with E-state index < -0.39 is 0 Å². The third kappa shape index (κ3) is 6.57. The molecule has 0 radical (unpaired) electrons. The van der Waals surface area contributed by atoms with Crippen molar-refractivity contribution in [1.82, 2.24) is 4.90 Å². The Labute approximate surface area is 122 Å². The van der Waals surface area contributed by atoms with Gasteiger partial charge in [-0.3, -0.25) is 10.2 Å². The molecule has 20 heavy (non-hydrogen) atoms. The Morgan fingerprint density at radius 3 is 2.25 bits per heavy atom. The highest BCUT2D eigenvalue weighted by atomic mass is 16.5. The number of aryl methyl sites for hydroxylation is 1. The van der Waals surface area contributed by atoms with Gasteiger partial charge in [-0.1, -0.05) is 31.5 Å². The lowest BCUT2D eigenvalue weighted by Gasteiger charge is -2.20. The molecule has 1 amide bonds. The number of benzene rings is 1. The van der Waals surface area contributed by atoms with Crippen molar-refractivity contribution in [2.24, 2.45) is 0 Å². The second-order valence-electron chi connectivity index (χ2n) is 4.97. The Hall–Kier alpha value is -1.55. The predicted molar refractivity (Wildman–Crippen MR) is 83.2 cm³/mol. The van der Waals surface area contributed by atoms with Gasteiger partial charge in [0.05, 0.1) is 0 Å². The van der Waals surface area contributed by atoms with Gasteiger partial charge < -0.3 is 4.74 Å². The fourth-order valence-electron chi connectivity index (χ4n) is 2.03. The third-order valence-corrected chi connectivity index (χ3v) is 3.02. The zero-order valence-corrected chi connectivity index (χ0v) is 12.8.